The van der Waals surface area contributed by atoms with Crippen molar-refractivity contribution in [1.29, 1.82) is 0 Å². The van der Waals surface area contributed by atoms with E-state index in [1.807, 2.05) is 18.2 Å². The van der Waals surface area contributed by atoms with E-state index in [2.05, 4.69) is 18.3 Å². The number of ether oxygens (including phenoxy) is 2. The van der Waals surface area contributed by atoms with E-state index in [1.165, 1.54) is 5.56 Å². The van der Waals surface area contributed by atoms with Crippen molar-refractivity contribution in [2.45, 2.75) is 38.0 Å². The molecule has 0 bridgehead atoms. The Bertz CT molecular complexity index is 504. The molecule has 1 aliphatic heterocycles. The molecule has 1 aromatic rings. The third-order valence-corrected chi connectivity index (χ3v) is 4.07. The summed E-state index contributed by atoms with van der Waals surface area (Å²) in [5.74, 6) is 0.920. The summed E-state index contributed by atoms with van der Waals surface area (Å²) in [6.07, 6.45) is 1.54. The topological polar surface area (TPSA) is 50.8 Å². The Balaban J connectivity index is 1.82. The van der Waals surface area contributed by atoms with E-state index in [1.54, 1.807) is 26.1 Å². The van der Waals surface area contributed by atoms with Crippen LogP contribution in [-0.2, 0) is 9.53 Å². The van der Waals surface area contributed by atoms with Gasteiger partial charge in [0.15, 0.2) is 0 Å². The van der Waals surface area contributed by atoms with Crippen molar-refractivity contribution in [1.82, 2.24) is 10.2 Å². The van der Waals surface area contributed by atoms with Gasteiger partial charge >= 0.3 is 0 Å². The van der Waals surface area contributed by atoms with Crippen molar-refractivity contribution < 1.29 is 14.3 Å². The van der Waals surface area contributed by atoms with Gasteiger partial charge in [-0.2, -0.15) is 0 Å². The number of hydrogen-bond donors (Lipinski definition) is 1. The number of hydrogen-bond acceptors (Lipinski definition) is 4. The van der Waals surface area contributed by atoms with Crippen molar-refractivity contribution in [3.63, 3.8) is 0 Å². The highest BCUT2D eigenvalue weighted by atomic mass is 16.5. The molecule has 0 saturated carbocycles. The molecule has 1 N–H and O–H groups in total. The molecule has 0 radical (unpaired) electrons. The third kappa shape index (κ3) is 4.21. The van der Waals surface area contributed by atoms with Crippen molar-refractivity contribution in [3.8, 4) is 5.75 Å². The maximum atomic E-state index is 11.9. The number of nitrogens with zero attached hydrogens (tertiary/aromatic N) is 1. The molecule has 0 unspecified atom stereocenters. The van der Waals surface area contributed by atoms with Crippen molar-refractivity contribution in [2.75, 3.05) is 27.7 Å². The van der Waals surface area contributed by atoms with Gasteiger partial charge in [0, 0.05) is 26.7 Å². The summed E-state index contributed by atoms with van der Waals surface area (Å²) in [5.41, 5.74) is 1.18. The van der Waals surface area contributed by atoms with E-state index in [0.29, 0.717) is 0 Å². The number of amides is 1. The van der Waals surface area contributed by atoms with Crippen LogP contribution in [0.15, 0.2) is 24.3 Å². The average Bonchev–Trinajstić information content (AvgIpc) is 3.00. The van der Waals surface area contributed by atoms with Gasteiger partial charge in [0.25, 0.3) is 5.91 Å². The van der Waals surface area contributed by atoms with Crippen LogP contribution >= 0.6 is 0 Å². The number of rotatable bonds is 6. The number of nitrogens with one attached hydrogen (secondary N) is 1. The lowest BCUT2D eigenvalue weighted by molar-refractivity contribution is -0.140. The van der Waals surface area contributed by atoms with E-state index in [0.717, 1.165) is 25.1 Å². The number of carbonyl (C=O) groups is 1. The van der Waals surface area contributed by atoms with E-state index in [9.17, 15) is 4.79 Å². The standard InChI is InChI=1S/C17H26N2O3/c1-12(13-6-5-7-14(10-13)21-4)18-11-15-8-9-16(22-15)17(20)19(2)3/h5-7,10,12,15-16,18H,8-9,11H2,1-4H3/t12-,15-,16-/m0/s1. The Morgan fingerprint density at radius 2 is 2.23 bits per heavy atom. The second-order valence-corrected chi connectivity index (χ2v) is 5.96. The minimum absolute atomic E-state index is 0.0587. The third-order valence-electron chi connectivity index (χ3n) is 4.07. The number of benzene rings is 1. The first kappa shape index (κ1) is 16.8. The molecule has 22 heavy (non-hydrogen) atoms. The van der Waals surface area contributed by atoms with Crippen LogP contribution in [0.4, 0.5) is 0 Å². The van der Waals surface area contributed by atoms with Gasteiger partial charge in [-0.1, -0.05) is 12.1 Å². The highest BCUT2D eigenvalue weighted by Gasteiger charge is 2.31. The van der Waals surface area contributed by atoms with Gasteiger partial charge < -0.3 is 19.7 Å². The molecule has 0 aliphatic carbocycles. The Morgan fingerprint density at radius 1 is 1.45 bits per heavy atom. The van der Waals surface area contributed by atoms with Gasteiger partial charge in [-0.05, 0) is 37.5 Å². The molecule has 1 saturated heterocycles. The Morgan fingerprint density at radius 3 is 2.91 bits per heavy atom. The summed E-state index contributed by atoms with van der Waals surface area (Å²) in [6.45, 7) is 2.86. The average molecular weight is 306 g/mol. The predicted octanol–water partition coefficient (Wildman–Crippen LogP) is 1.98. The fourth-order valence-electron chi connectivity index (χ4n) is 2.66. The smallest absolute Gasteiger partial charge is 0.251 e. The molecule has 1 heterocycles. The summed E-state index contributed by atoms with van der Waals surface area (Å²) < 4.78 is 11.1. The summed E-state index contributed by atoms with van der Waals surface area (Å²) in [6, 6.07) is 8.25. The Labute approximate surface area is 132 Å². The predicted molar refractivity (Wildman–Crippen MR) is 86.0 cm³/mol. The van der Waals surface area contributed by atoms with E-state index >= 15 is 0 Å². The molecule has 1 fully saturated rings. The summed E-state index contributed by atoms with van der Waals surface area (Å²) in [7, 11) is 5.20. The molecule has 1 aromatic carbocycles. The van der Waals surface area contributed by atoms with Crippen molar-refractivity contribution >= 4 is 5.91 Å². The minimum atomic E-state index is -0.283. The molecule has 1 aliphatic rings. The summed E-state index contributed by atoms with van der Waals surface area (Å²) >= 11 is 0. The number of carbonyl (C=O) groups excluding carboxylic acids is 1. The molecule has 122 valence electrons. The molecule has 0 aromatic heterocycles. The normalized spacial score (nSPS) is 22.4. The molecule has 0 spiro atoms. The van der Waals surface area contributed by atoms with Gasteiger partial charge in [-0.15, -0.1) is 0 Å². The molecular weight excluding hydrogens is 280 g/mol. The quantitative estimate of drug-likeness (QED) is 0.873. The molecule has 5 nitrogen and oxygen atoms in total. The van der Waals surface area contributed by atoms with E-state index in [4.69, 9.17) is 9.47 Å². The number of methoxy groups -OCH3 is 1. The highest BCUT2D eigenvalue weighted by molar-refractivity contribution is 5.80. The van der Waals surface area contributed by atoms with Gasteiger partial charge in [-0.25, -0.2) is 0 Å². The molecule has 5 heteroatoms. The molecule has 2 rings (SSSR count). The van der Waals surface area contributed by atoms with Crippen LogP contribution in [0.2, 0.25) is 0 Å². The van der Waals surface area contributed by atoms with Crippen molar-refractivity contribution in [3.05, 3.63) is 29.8 Å². The van der Waals surface area contributed by atoms with Gasteiger partial charge in [0.1, 0.15) is 11.9 Å². The van der Waals surface area contributed by atoms with Crippen LogP contribution in [-0.4, -0.2) is 50.8 Å². The first-order valence-corrected chi connectivity index (χ1v) is 7.75. The zero-order valence-electron chi connectivity index (χ0n) is 13.8. The van der Waals surface area contributed by atoms with Gasteiger partial charge in [0.2, 0.25) is 0 Å². The second-order valence-electron chi connectivity index (χ2n) is 5.96. The van der Waals surface area contributed by atoms with Crippen LogP contribution in [0.5, 0.6) is 5.75 Å². The van der Waals surface area contributed by atoms with Crippen LogP contribution in [0, 0.1) is 0 Å². The second kappa shape index (κ2) is 7.61. The molecular formula is C17H26N2O3. The zero-order valence-corrected chi connectivity index (χ0v) is 13.8. The summed E-state index contributed by atoms with van der Waals surface area (Å²) in [4.78, 5) is 13.5. The highest BCUT2D eigenvalue weighted by Crippen LogP contribution is 2.22. The lowest BCUT2D eigenvalue weighted by Crippen LogP contribution is -2.35. The fraction of sp³-hybridized carbons (Fsp3) is 0.588. The first-order valence-electron chi connectivity index (χ1n) is 7.75. The van der Waals surface area contributed by atoms with E-state index < -0.39 is 0 Å². The van der Waals surface area contributed by atoms with E-state index in [-0.39, 0.29) is 24.2 Å². The number of likely N-dealkylation sites (N-methyl/N-ethyl adjacent to an activating group) is 1. The monoisotopic (exact) mass is 306 g/mol. The Hall–Kier alpha value is -1.59. The fourth-order valence-corrected chi connectivity index (χ4v) is 2.66. The van der Waals surface area contributed by atoms with Crippen molar-refractivity contribution in [2.24, 2.45) is 0 Å². The zero-order chi connectivity index (χ0) is 16.1. The van der Waals surface area contributed by atoms with Gasteiger partial charge in [0.05, 0.1) is 13.2 Å². The van der Waals surface area contributed by atoms with Crippen LogP contribution in [0.3, 0.4) is 0 Å². The van der Waals surface area contributed by atoms with Crippen LogP contribution < -0.4 is 10.1 Å². The minimum Gasteiger partial charge on any atom is -0.497 e. The van der Waals surface area contributed by atoms with Gasteiger partial charge in [-0.3, -0.25) is 4.79 Å². The largest absolute Gasteiger partial charge is 0.497 e. The lowest BCUT2D eigenvalue weighted by atomic mass is 10.1. The summed E-state index contributed by atoms with van der Waals surface area (Å²) in [5, 5.41) is 3.48. The van der Waals surface area contributed by atoms with Crippen LogP contribution in [0.1, 0.15) is 31.4 Å². The van der Waals surface area contributed by atoms with Crippen LogP contribution in [0.25, 0.3) is 0 Å². The SMILES string of the molecule is COc1cccc([C@H](C)NC[C@@H]2CC[C@@H](C(=O)N(C)C)O2)c1. The molecule has 1 amide bonds. The lowest BCUT2D eigenvalue weighted by Gasteiger charge is -2.20. The molecule has 3 atom stereocenters. The Kier molecular flexibility index (Phi) is 5.80. The maximum absolute atomic E-state index is 11.9. The first-order chi connectivity index (χ1) is 10.5. The maximum Gasteiger partial charge on any atom is 0.251 e.